The lowest BCUT2D eigenvalue weighted by Crippen LogP contribution is -2.59. The summed E-state index contributed by atoms with van der Waals surface area (Å²) in [4.78, 5) is 27.5. The predicted molar refractivity (Wildman–Crippen MR) is 139 cm³/mol. The van der Waals surface area contributed by atoms with Crippen molar-refractivity contribution in [1.82, 2.24) is 15.1 Å². The van der Waals surface area contributed by atoms with Crippen LogP contribution in [0.15, 0.2) is 59.6 Å². The Balaban J connectivity index is 1.64. The second kappa shape index (κ2) is 9.85. The molecule has 1 N–H and O–H groups in total. The van der Waals surface area contributed by atoms with E-state index in [0.29, 0.717) is 5.56 Å². The average Bonchev–Trinajstić information content (AvgIpc) is 3.12. The molecule has 3 aromatic rings. The van der Waals surface area contributed by atoms with E-state index in [1.54, 1.807) is 6.92 Å². The van der Waals surface area contributed by atoms with Gasteiger partial charge in [-0.3, -0.25) is 14.3 Å². The van der Waals surface area contributed by atoms with Crippen molar-refractivity contribution < 1.29 is 22.4 Å². The minimum absolute atomic E-state index is 0.0377. The van der Waals surface area contributed by atoms with Crippen LogP contribution in [0.1, 0.15) is 40.9 Å². The molecule has 0 saturated carbocycles. The Bertz CT molecular complexity index is 1460. The number of benzene rings is 2. The lowest BCUT2D eigenvalue weighted by atomic mass is 9.48. The third kappa shape index (κ3) is 5.66. The number of nitrogens with zero attached hydrogens (tertiary/aromatic N) is 3. The first-order chi connectivity index (χ1) is 17.3. The number of hydrogen-bond acceptors (Lipinski definition) is 5. The molecule has 1 aliphatic rings. The zero-order valence-corrected chi connectivity index (χ0v) is 21.1. The van der Waals surface area contributed by atoms with E-state index in [-0.39, 0.29) is 23.5 Å². The highest BCUT2D eigenvalue weighted by molar-refractivity contribution is 7.90. The maximum absolute atomic E-state index is 14.7. The van der Waals surface area contributed by atoms with E-state index in [4.69, 9.17) is 23.5 Å². The van der Waals surface area contributed by atoms with Gasteiger partial charge in [-0.2, -0.15) is 5.10 Å². The minimum atomic E-state index is -3.55. The van der Waals surface area contributed by atoms with E-state index in [2.05, 4.69) is 10.4 Å². The molecular weight excluding hydrogens is 492 g/mol. The molecule has 4 rings (SSSR count). The van der Waals surface area contributed by atoms with Crippen LogP contribution in [0.5, 0.6) is 0 Å². The number of nitrogens with one attached hydrogen (secondary N) is 1. The van der Waals surface area contributed by atoms with Crippen LogP contribution in [0.4, 0.5) is 10.1 Å². The number of halogens is 1. The van der Waals surface area contributed by atoms with Gasteiger partial charge in [0, 0.05) is 11.9 Å². The molecule has 2 atom stereocenters. The number of rotatable bonds is 6. The van der Waals surface area contributed by atoms with Crippen LogP contribution in [-0.2, 0) is 21.2 Å². The lowest BCUT2D eigenvalue weighted by molar-refractivity contribution is -0.120. The van der Waals surface area contributed by atoms with Crippen LogP contribution in [-0.4, -0.2) is 71.1 Å². The van der Waals surface area contributed by atoms with E-state index in [9.17, 15) is 22.4 Å². The third-order valence-corrected chi connectivity index (χ3v) is 7.23. The Morgan fingerprint density at radius 2 is 1.86 bits per heavy atom. The normalized spacial score (nSPS) is 18.2. The van der Waals surface area contributed by atoms with Crippen molar-refractivity contribution in [3.05, 3.63) is 77.4 Å². The Hall–Kier alpha value is -3.34. The van der Waals surface area contributed by atoms with Crippen molar-refractivity contribution in [2.75, 3.05) is 11.2 Å². The number of aromatic nitrogens is 2. The summed E-state index contributed by atoms with van der Waals surface area (Å²) in [6, 6.07) is 12.1. The third-order valence-electron chi connectivity index (χ3n) is 6.12. The van der Waals surface area contributed by atoms with Crippen LogP contribution in [0.25, 0.3) is 0 Å². The highest BCUT2D eigenvalue weighted by Crippen LogP contribution is 2.38. The summed E-state index contributed by atoms with van der Waals surface area (Å²) in [5.41, 5.74) is 1.05. The fourth-order valence-corrected chi connectivity index (χ4v) is 5.02. The van der Waals surface area contributed by atoms with Gasteiger partial charge in [-0.25, -0.2) is 12.8 Å². The number of amides is 2. The maximum atomic E-state index is 14.7. The van der Waals surface area contributed by atoms with Crippen molar-refractivity contribution in [1.29, 1.82) is 0 Å². The monoisotopic (exact) mass is 514 g/mol. The lowest BCUT2D eigenvalue weighted by Gasteiger charge is -2.39. The molecule has 8 nitrogen and oxygen atoms in total. The van der Waals surface area contributed by atoms with Gasteiger partial charge in [0.2, 0.25) is 5.91 Å². The molecule has 6 radical (unpaired) electrons. The molecular formula is C24H22B3FN4O4S. The molecule has 0 unspecified atom stereocenters. The predicted octanol–water partition coefficient (Wildman–Crippen LogP) is 1.23. The maximum Gasteiger partial charge on any atom is 0.275 e. The number of sulfone groups is 1. The summed E-state index contributed by atoms with van der Waals surface area (Å²) < 4.78 is 40.2. The molecule has 37 heavy (non-hydrogen) atoms. The molecule has 0 saturated heterocycles. The number of anilines is 1. The van der Waals surface area contributed by atoms with E-state index in [1.165, 1.54) is 22.9 Å². The summed E-state index contributed by atoms with van der Waals surface area (Å²) in [7, 11) is 14.2. The molecule has 1 aliphatic heterocycles. The smallest absolute Gasteiger partial charge is 0.275 e. The first-order valence-electron chi connectivity index (χ1n) is 11.4. The molecule has 13 heteroatoms. The molecule has 1 aromatic heterocycles. The molecule has 0 spiro atoms. The van der Waals surface area contributed by atoms with Crippen LogP contribution in [0.3, 0.4) is 0 Å². The summed E-state index contributed by atoms with van der Waals surface area (Å²) >= 11 is 0. The molecule has 2 aromatic carbocycles. The quantitative estimate of drug-likeness (QED) is 0.500. The van der Waals surface area contributed by atoms with E-state index >= 15 is 0 Å². The van der Waals surface area contributed by atoms with Gasteiger partial charge in [-0.05, 0) is 41.7 Å². The second-order valence-corrected chi connectivity index (χ2v) is 11.2. The summed E-state index contributed by atoms with van der Waals surface area (Å²) in [6.07, 6.45) is 2.20. The Morgan fingerprint density at radius 1 is 1.19 bits per heavy atom. The summed E-state index contributed by atoms with van der Waals surface area (Å²) in [5, 5.41) is 4.40. The first-order valence-corrected chi connectivity index (χ1v) is 13.3. The topological polar surface area (TPSA) is 101 Å². The average molecular weight is 514 g/mol. The Kier molecular flexibility index (Phi) is 7.11. The summed E-state index contributed by atoms with van der Waals surface area (Å²) in [6.45, 7) is 1.99. The standard InChI is InChI=1S/C24H22B3FN4O4S/c1-14-10-19(29-22(33)21-18(28)13-31(30-21)12-15-6-4-3-5-7-15)23(34)32(24(25,26)27)20-9-8-16(11-17(14)20)37(2,35)36/h3-9,11,13-14,19H,10,12H2,1-2H3,(H,29,33)/t14-,19+/m0/s1. The number of fused-ring (bicyclic) bond motifs is 1. The largest absolute Gasteiger partial charge is 0.339 e. The van der Waals surface area contributed by atoms with Gasteiger partial charge in [0.15, 0.2) is 21.3 Å². The van der Waals surface area contributed by atoms with Gasteiger partial charge in [-0.15, -0.1) is 0 Å². The number of hydrogen-bond donors (Lipinski definition) is 1. The molecule has 184 valence electrons. The van der Waals surface area contributed by atoms with Crippen molar-refractivity contribution in [3.63, 3.8) is 0 Å². The Labute approximate surface area is 218 Å². The zero-order valence-electron chi connectivity index (χ0n) is 20.3. The second-order valence-electron chi connectivity index (χ2n) is 9.23. The fourth-order valence-electron chi connectivity index (χ4n) is 4.37. The van der Waals surface area contributed by atoms with Gasteiger partial charge in [0.25, 0.3) is 5.91 Å². The van der Waals surface area contributed by atoms with Crippen molar-refractivity contribution in [2.45, 2.75) is 42.0 Å². The molecule has 2 amide bonds. The van der Waals surface area contributed by atoms with Crippen LogP contribution in [0.2, 0.25) is 0 Å². The molecule has 0 fully saturated rings. The molecule has 2 heterocycles. The molecule has 0 aliphatic carbocycles. The highest BCUT2D eigenvalue weighted by atomic mass is 32.2. The van der Waals surface area contributed by atoms with Crippen molar-refractivity contribution in [2.24, 2.45) is 0 Å². The van der Waals surface area contributed by atoms with Gasteiger partial charge < -0.3 is 10.2 Å². The SMILES string of the molecule is [B]C([B])([B])N1C(=O)[C@H](NC(=O)c2nn(Cc3ccccc3)cc2F)C[C@H](C)c2cc(S(C)(=O)=O)ccc21. The van der Waals surface area contributed by atoms with Crippen LogP contribution in [0, 0.1) is 5.82 Å². The summed E-state index contributed by atoms with van der Waals surface area (Å²) in [5.74, 6) is -2.93. The number of carbonyl (C=O) groups is 2. The van der Waals surface area contributed by atoms with Gasteiger partial charge in [0.05, 0.1) is 41.2 Å². The van der Waals surface area contributed by atoms with Gasteiger partial charge in [-0.1, -0.05) is 42.5 Å². The van der Waals surface area contributed by atoms with Crippen molar-refractivity contribution >= 4 is 50.9 Å². The molecule has 0 bridgehead atoms. The van der Waals surface area contributed by atoms with Gasteiger partial charge >= 0.3 is 0 Å². The van der Waals surface area contributed by atoms with Crippen molar-refractivity contribution in [3.8, 4) is 0 Å². The Morgan fingerprint density at radius 3 is 2.49 bits per heavy atom. The first kappa shape index (κ1) is 26.7. The van der Waals surface area contributed by atoms with E-state index in [0.717, 1.165) is 22.9 Å². The van der Waals surface area contributed by atoms with Crippen LogP contribution < -0.4 is 10.2 Å². The van der Waals surface area contributed by atoms with E-state index in [1.807, 2.05) is 30.3 Å². The van der Waals surface area contributed by atoms with E-state index < -0.39 is 50.4 Å². The fraction of sp³-hybridized carbons (Fsp3) is 0.292. The minimum Gasteiger partial charge on any atom is -0.339 e. The zero-order chi connectivity index (χ0) is 27.1. The highest BCUT2D eigenvalue weighted by Gasteiger charge is 2.39. The number of carbonyl (C=O) groups excluding carboxylic acids is 2. The van der Waals surface area contributed by atoms with Crippen LogP contribution >= 0.6 is 0 Å². The van der Waals surface area contributed by atoms with Gasteiger partial charge in [0.1, 0.15) is 6.04 Å².